The maximum atomic E-state index is 10.8. The van der Waals surface area contributed by atoms with Gasteiger partial charge in [-0.2, -0.15) is 0 Å². The molecule has 2 fully saturated rings. The number of hydrogen-bond donors (Lipinski definition) is 2. The second-order valence-corrected chi connectivity index (χ2v) is 3.92. The van der Waals surface area contributed by atoms with Gasteiger partial charge in [0, 0.05) is 0 Å². The van der Waals surface area contributed by atoms with Gasteiger partial charge in [-0.25, -0.2) is 0 Å². The first-order valence-corrected chi connectivity index (χ1v) is 4.69. The standard InChI is InChI=1S/C9H15NO2/c1-2-5(9(11)12)8-6-3-10-4-7(6)8/h5-8,10H,2-4H2,1H3,(H,11,12). The fraction of sp³-hybridized carbons (Fsp3) is 0.889. The molecule has 3 unspecified atom stereocenters. The third-order valence-electron chi connectivity index (χ3n) is 3.38. The summed E-state index contributed by atoms with van der Waals surface area (Å²) < 4.78 is 0. The van der Waals surface area contributed by atoms with Crippen LogP contribution in [-0.4, -0.2) is 24.2 Å². The molecule has 0 radical (unpaired) electrons. The van der Waals surface area contributed by atoms with Crippen molar-refractivity contribution in [1.29, 1.82) is 0 Å². The molecule has 1 saturated heterocycles. The van der Waals surface area contributed by atoms with E-state index in [1.54, 1.807) is 0 Å². The van der Waals surface area contributed by atoms with E-state index in [4.69, 9.17) is 5.11 Å². The molecule has 2 N–H and O–H groups in total. The van der Waals surface area contributed by atoms with Crippen LogP contribution in [-0.2, 0) is 4.79 Å². The molecule has 1 aliphatic heterocycles. The van der Waals surface area contributed by atoms with Crippen LogP contribution in [0.4, 0.5) is 0 Å². The zero-order valence-corrected chi connectivity index (χ0v) is 7.29. The van der Waals surface area contributed by atoms with E-state index >= 15 is 0 Å². The first-order chi connectivity index (χ1) is 5.75. The van der Waals surface area contributed by atoms with E-state index in [0.29, 0.717) is 17.8 Å². The average molecular weight is 169 g/mol. The van der Waals surface area contributed by atoms with Crippen LogP contribution in [0.1, 0.15) is 13.3 Å². The van der Waals surface area contributed by atoms with Gasteiger partial charge in [-0.1, -0.05) is 6.92 Å². The van der Waals surface area contributed by atoms with Crippen molar-refractivity contribution in [2.24, 2.45) is 23.7 Å². The molecule has 0 aromatic rings. The molecule has 12 heavy (non-hydrogen) atoms. The molecule has 0 spiro atoms. The molecule has 0 aromatic carbocycles. The monoisotopic (exact) mass is 169 g/mol. The van der Waals surface area contributed by atoms with Crippen LogP contribution in [0.3, 0.4) is 0 Å². The van der Waals surface area contributed by atoms with Gasteiger partial charge >= 0.3 is 5.97 Å². The lowest BCUT2D eigenvalue weighted by atomic mass is 9.97. The number of nitrogens with one attached hydrogen (secondary N) is 1. The van der Waals surface area contributed by atoms with Gasteiger partial charge < -0.3 is 10.4 Å². The second-order valence-electron chi connectivity index (χ2n) is 3.92. The van der Waals surface area contributed by atoms with Crippen LogP contribution in [0.5, 0.6) is 0 Å². The van der Waals surface area contributed by atoms with Gasteiger partial charge in [0.05, 0.1) is 5.92 Å². The summed E-state index contributed by atoms with van der Waals surface area (Å²) in [4.78, 5) is 10.8. The van der Waals surface area contributed by atoms with Crippen molar-refractivity contribution in [3.05, 3.63) is 0 Å². The smallest absolute Gasteiger partial charge is 0.306 e. The predicted octanol–water partition coefficient (Wildman–Crippen LogP) is 0.563. The van der Waals surface area contributed by atoms with Gasteiger partial charge in [-0.05, 0) is 37.3 Å². The lowest BCUT2D eigenvalue weighted by Gasteiger charge is -2.11. The molecule has 3 nitrogen and oxygen atoms in total. The molecule has 2 aliphatic rings. The number of rotatable bonds is 3. The normalized spacial score (nSPS) is 40.6. The molecule has 0 amide bonds. The highest BCUT2D eigenvalue weighted by molar-refractivity contribution is 5.71. The average Bonchev–Trinajstić information content (AvgIpc) is 2.53. The Bertz CT molecular complexity index is 195. The van der Waals surface area contributed by atoms with E-state index in [0.717, 1.165) is 19.5 Å². The van der Waals surface area contributed by atoms with Crippen molar-refractivity contribution < 1.29 is 9.90 Å². The number of carbonyl (C=O) groups is 1. The van der Waals surface area contributed by atoms with Crippen molar-refractivity contribution >= 4 is 5.97 Å². The number of hydrogen-bond acceptors (Lipinski definition) is 2. The minimum Gasteiger partial charge on any atom is -0.481 e. The summed E-state index contributed by atoms with van der Waals surface area (Å²) in [5.41, 5.74) is 0. The zero-order chi connectivity index (χ0) is 8.72. The first-order valence-electron chi connectivity index (χ1n) is 4.69. The fourth-order valence-corrected chi connectivity index (χ4v) is 2.67. The van der Waals surface area contributed by atoms with E-state index in [1.165, 1.54) is 0 Å². The SMILES string of the molecule is CCC(C(=O)O)C1C2CNCC21. The number of fused-ring (bicyclic) bond motifs is 1. The van der Waals surface area contributed by atoms with Gasteiger partial charge in [-0.15, -0.1) is 0 Å². The summed E-state index contributed by atoms with van der Waals surface area (Å²) in [6.45, 7) is 4.05. The summed E-state index contributed by atoms with van der Waals surface area (Å²) in [7, 11) is 0. The van der Waals surface area contributed by atoms with E-state index < -0.39 is 5.97 Å². The van der Waals surface area contributed by atoms with Crippen LogP contribution in [0.15, 0.2) is 0 Å². The summed E-state index contributed by atoms with van der Waals surface area (Å²) in [6.07, 6.45) is 0.785. The minimum atomic E-state index is -0.600. The summed E-state index contributed by atoms with van der Waals surface area (Å²) in [6, 6.07) is 0. The third-order valence-corrected chi connectivity index (χ3v) is 3.38. The van der Waals surface area contributed by atoms with Gasteiger partial charge in [0.1, 0.15) is 0 Å². The van der Waals surface area contributed by atoms with E-state index in [2.05, 4.69) is 5.32 Å². The van der Waals surface area contributed by atoms with Gasteiger partial charge in [0.15, 0.2) is 0 Å². The summed E-state index contributed by atoms with van der Waals surface area (Å²) >= 11 is 0. The van der Waals surface area contributed by atoms with Gasteiger partial charge in [-0.3, -0.25) is 4.79 Å². The van der Waals surface area contributed by atoms with Crippen molar-refractivity contribution in [3.63, 3.8) is 0 Å². The Kier molecular flexibility index (Phi) is 1.83. The van der Waals surface area contributed by atoms with Crippen LogP contribution < -0.4 is 5.32 Å². The fourth-order valence-electron chi connectivity index (χ4n) is 2.67. The summed E-state index contributed by atoms with van der Waals surface area (Å²) in [5, 5.41) is 12.2. The quantitative estimate of drug-likeness (QED) is 0.649. The van der Waals surface area contributed by atoms with Crippen molar-refractivity contribution in [3.8, 4) is 0 Å². The second kappa shape index (κ2) is 2.73. The maximum absolute atomic E-state index is 10.8. The van der Waals surface area contributed by atoms with Gasteiger partial charge in [0.2, 0.25) is 0 Å². The predicted molar refractivity (Wildman–Crippen MR) is 44.8 cm³/mol. The van der Waals surface area contributed by atoms with Crippen molar-refractivity contribution in [1.82, 2.24) is 5.32 Å². The largest absolute Gasteiger partial charge is 0.481 e. The van der Waals surface area contributed by atoms with E-state index in [-0.39, 0.29) is 5.92 Å². The Balaban J connectivity index is 1.97. The molecule has 0 bridgehead atoms. The molecule has 1 saturated carbocycles. The Morgan fingerprint density at radius 3 is 2.58 bits per heavy atom. The van der Waals surface area contributed by atoms with Crippen LogP contribution in [0, 0.1) is 23.7 Å². The molecule has 1 aliphatic carbocycles. The molecule has 68 valence electrons. The lowest BCUT2D eigenvalue weighted by molar-refractivity contribution is -0.142. The zero-order valence-electron chi connectivity index (χ0n) is 7.29. The molecule has 3 heteroatoms. The Hall–Kier alpha value is -0.570. The topological polar surface area (TPSA) is 49.3 Å². The van der Waals surface area contributed by atoms with Crippen molar-refractivity contribution in [2.45, 2.75) is 13.3 Å². The third kappa shape index (κ3) is 1.04. The van der Waals surface area contributed by atoms with Crippen LogP contribution >= 0.6 is 0 Å². The van der Waals surface area contributed by atoms with E-state index in [1.807, 2.05) is 6.92 Å². The molecule has 3 atom stereocenters. The number of aliphatic carboxylic acids is 1. The highest BCUT2D eigenvalue weighted by atomic mass is 16.4. The molecule has 2 rings (SSSR count). The molecule has 1 heterocycles. The Labute approximate surface area is 72.2 Å². The van der Waals surface area contributed by atoms with Gasteiger partial charge in [0.25, 0.3) is 0 Å². The number of carboxylic acid groups (broad SMARTS) is 1. The molecular weight excluding hydrogens is 154 g/mol. The van der Waals surface area contributed by atoms with Crippen LogP contribution in [0.2, 0.25) is 0 Å². The highest BCUT2D eigenvalue weighted by Gasteiger charge is 2.57. The lowest BCUT2D eigenvalue weighted by Crippen LogP contribution is -2.23. The maximum Gasteiger partial charge on any atom is 0.306 e. The highest BCUT2D eigenvalue weighted by Crippen LogP contribution is 2.53. The molecular formula is C9H15NO2. The minimum absolute atomic E-state index is 0.0814. The van der Waals surface area contributed by atoms with E-state index in [9.17, 15) is 4.79 Å². The number of piperidine rings is 1. The Morgan fingerprint density at radius 2 is 2.17 bits per heavy atom. The molecule has 0 aromatic heterocycles. The Morgan fingerprint density at radius 1 is 1.58 bits per heavy atom. The first kappa shape index (κ1) is 8.05. The number of carboxylic acids is 1. The van der Waals surface area contributed by atoms with Crippen molar-refractivity contribution in [2.75, 3.05) is 13.1 Å². The van der Waals surface area contributed by atoms with Crippen LogP contribution in [0.25, 0.3) is 0 Å². The summed E-state index contributed by atoms with van der Waals surface area (Å²) in [5.74, 6) is 1.14.